The minimum absolute atomic E-state index is 0.0208. The van der Waals surface area contributed by atoms with Gasteiger partial charge >= 0.3 is 0 Å². The minimum Gasteiger partial charge on any atom is -0.497 e. The SMILES string of the molecule is C=CC[C@@H](NC(=O)[C@@H]1CC(Oc2nc(-c3ccccn3)nc3cc(OC)ccc23)CN1C(=O)C(CC(=O)N1CCCCC1)C(C)(C)C)C(=O)NS(C)(=O)(O)C1CC1. The van der Waals surface area contributed by atoms with Crippen molar-refractivity contribution in [1.29, 1.82) is 0 Å². The molecule has 2 saturated heterocycles. The van der Waals surface area contributed by atoms with E-state index in [-0.39, 0.29) is 37.6 Å². The van der Waals surface area contributed by atoms with Crippen LogP contribution in [0.5, 0.6) is 11.6 Å². The highest BCUT2D eigenvalue weighted by Gasteiger charge is 2.48. The highest BCUT2D eigenvalue weighted by molar-refractivity contribution is 8.14. The summed E-state index contributed by atoms with van der Waals surface area (Å²) in [6.45, 7) is 10.7. The predicted molar refractivity (Wildman–Crippen MR) is 216 cm³/mol. The number of carbonyl (C=O) groups excluding carboxylic acids is 4. The van der Waals surface area contributed by atoms with Crippen molar-refractivity contribution in [3.8, 4) is 23.1 Å². The van der Waals surface area contributed by atoms with Gasteiger partial charge in [-0.1, -0.05) is 32.9 Å². The number of hydrogen-bond donors (Lipinski definition) is 3. The van der Waals surface area contributed by atoms with Crippen molar-refractivity contribution in [3.63, 3.8) is 0 Å². The molecule has 57 heavy (non-hydrogen) atoms. The molecule has 2 unspecified atom stereocenters. The second-order valence-electron chi connectivity index (χ2n) is 16.6. The number of piperidine rings is 1. The highest BCUT2D eigenvalue weighted by Crippen LogP contribution is 2.39. The molecule has 0 radical (unpaired) electrons. The number of nitrogens with zero attached hydrogens (tertiary/aromatic N) is 5. The van der Waals surface area contributed by atoms with Gasteiger partial charge in [0.05, 0.1) is 35.7 Å². The Hall–Kier alpha value is -4.96. The van der Waals surface area contributed by atoms with Crippen LogP contribution in [0.4, 0.5) is 0 Å². The fourth-order valence-corrected chi connectivity index (χ4v) is 9.58. The van der Waals surface area contributed by atoms with E-state index in [9.17, 15) is 27.9 Å². The first-order chi connectivity index (χ1) is 27.0. The summed E-state index contributed by atoms with van der Waals surface area (Å²) >= 11 is 0. The van der Waals surface area contributed by atoms with Gasteiger partial charge in [0.2, 0.25) is 23.6 Å². The van der Waals surface area contributed by atoms with Gasteiger partial charge in [0.1, 0.15) is 29.6 Å². The third-order valence-electron chi connectivity index (χ3n) is 11.0. The number of fused-ring (bicyclic) bond motifs is 1. The summed E-state index contributed by atoms with van der Waals surface area (Å²) in [5.74, 6) is -1.68. The lowest BCUT2D eigenvalue weighted by Crippen LogP contribution is -2.59. The topological polar surface area (TPSA) is 193 Å². The number of nitrogens with one attached hydrogen (secondary N) is 2. The fraction of sp³-hybridized carbons (Fsp3) is 0.537. The van der Waals surface area contributed by atoms with Crippen LogP contribution in [0.25, 0.3) is 22.4 Å². The van der Waals surface area contributed by atoms with E-state index >= 15 is 0 Å². The molecule has 1 aliphatic carbocycles. The number of hydrogen-bond acceptors (Lipinski definition) is 10. The van der Waals surface area contributed by atoms with Gasteiger partial charge in [-0.3, -0.25) is 33.4 Å². The Morgan fingerprint density at radius 3 is 2.46 bits per heavy atom. The molecule has 6 rings (SSSR count). The Morgan fingerprint density at radius 1 is 1.09 bits per heavy atom. The first-order valence-corrected chi connectivity index (χ1v) is 22.0. The molecular weight excluding hydrogens is 751 g/mol. The molecule has 2 aliphatic heterocycles. The zero-order valence-electron chi connectivity index (χ0n) is 33.4. The Bertz CT molecular complexity index is 2070. The highest BCUT2D eigenvalue weighted by atomic mass is 32.3. The van der Waals surface area contributed by atoms with Gasteiger partial charge in [-0.25, -0.2) is 4.98 Å². The van der Waals surface area contributed by atoms with Gasteiger partial charge in [0.25, 0.3) is 5.91 Å². The van der Waals surface area contributed by atoms with Crippen LogP contribution in [0.1, 0.15) is 72.1 Å². The van der Waals surface area contributed by atoms with E-state index in [1.54, 1.807) is 43.6 Å². The number of benzene rings is 1. The zero-order valence-corrected chi connectivity index (χ0v) is 34.3. The maximum absolute atomic E-state index is 14.8. The lowest BCUT2D eigenvalue weighted by atomic mass is 9.77. The number of methoxy groups -OCH3 is 1. The van der Waals surface area contributed by atoms with Gasteiger partial charge in [0, 0.05) is 44.5 Å². The van der Waals surface area contributed by atoms with Crippen molar-refractivity contribution < 1.29 is 37.4 Å². The van der Waals surface area contributed by atoms with Gasteiger partial charge in [-0.15, -0.1) is 16.1 Å². The van der Waals surface area contributed by atoms with Crippen LogP contribution in [-0.2, 0) is 28.7 Å². The Labute approximate surface area is 333 Å². The first kappa shape index (κ1) is 41.7. The molecule has 0 bridgehead atoms. The minimum atomic E-state index is -4.50. The van der Waals surface area contributed by atoms with E-state index in [1.807, 2.05) is 31.7 Å². The molecule has 0 spiro atoms. The average molecular weight is 806 g/mol. The Balaban J connectivity index is 1.33. The summed E-state index contributed by atoms with van der Waals surface area (Å²) in [6, 6.07) is 8.29. The number of carbonyl (C=O) groups is 4. The maximum Gasteiger partial charge on any atom is 0.260 e. The lowest BCUT2D eigenvalue weighted by molar-refractivity contribution is -0.148. The molecule has 4 amide bonds. The molecule has 1 aromatic carbocycles. The molecular formula is C41H55N7O8S. The predicted octanol–water partition coefficient (Wildman–Crippen LogP) is 4.29. The van der Waals surface area contributed by atoms with Gasteiger partial charge in [-0.05, 0) is 68.2 Å². The van der Waals surface area contributed by atoms with Gasteiger partial charge in [-0.2, -0.15) is 9.19 Å². The molecule has 2 aromatic heterocycles. The molecule has 3 fully saturated rings. The summed E-state index contributed by atoms with van der Waals surface area (Å²) in [5, 5.41) is 2.75. The Kier molecular flexibility index (Phi) is 12.1. The molecule has 3 N–H and O–H groups in total. The van der Waals surface area contributed by atoms with Crippen LogP contribution >= 0.6 is 0 Å². The zero-order chi connectivity index (χ0) is 41.1. The summed E-state index contributed by atoms with van der Waals surface area (Å²) in [7, 11) is -2.95. The van der Waals surface area contributed by atoms with Gasteiger partial charge < -0.3 is 24.6 Å². The molecule has 3 aliphatic rings. The third-order valence-corrected chi connectivity index (χ3v) is 13.8. The van der Waals surface area contributed by atoms with Crippen molar-refractivity contribution in [2.45, 2.75) is 95.6 Å². The quantitative estimate of drug-likeness (QED) is 0.197. The number of ether oxygens (including phenoxy) is 2. The van der Waals surface area contributed by atoms with Crippen LogP contribution in [0.3, 0.4) is 0 Å². The summed E-state index contributed by atoms with van der Waals surface area (Å²) in [4.78, 5) is 73.4. The summed E-state index contributed by atoms with van der Waals surface area (Å²) in [6.07, 6.45) is 7.27. The van der Waals surface area contributed by atoms with Crippen LogP contribution in [0.15, 0.2) is 55.3 Å². The van der Waals surface area contributed by atoms with Crippen molar-refractivity contribution in [2.75, 3.05) is 33.0 Å². The third kappa shape index (κ3) is 9.78. The maximum atomic E-state index is 14.8. The van der Waals surface area contributed by atoms with E-state index in [2.05, 4.69) is 21.6 Å². The lowest BCUT2D eigenvalue weighted by Gasteiger charge is -2.41. The van der Waals surface area contributed by atoms with Crippen LogP contribution in [-0.4, -0.2) is 114 Å². The van der Waals surface area contributed by atoms with E-state index in [4.69, 9.17) is 19.4 Å². The summed E-state index contributed by atoms with van der Waals surface area (Å²) < 4.78 is 38.6. The number of pyridine rings is 1. The van der Waals surface area contributed by atoms with Crippen LogP contribution in [0.2, 0.25) is 0 Å². The van der Waals surface area contributed by atoms with Crippen molar-refractivity contribution in [1.82, 2.24) is 34.8 Å². The van der Waals surface area contributed by atoms with E-state index < -0.39 is 62.0 Å². The number of amides is 4. The fourth-order valence-electron chi connectivity index (χ4n) is 7.54. The smallest absolute Gasteiger partial charge is 0.260 e. The standard InChI is InChI=1S/C41H55N7O8S/c1-7-13-32(37(50)46-57(6,53,54)28-16-17-28)44-38(51)34-23-27(25-48(34)40(52)30(41(2,3)4)24-35(49)47-20-11-8-12-21-47)56-39-29-18-15-26(55-5)22-33(29)43-36(45-39)31-14-9-10-19-42-31/h7,9-10,14-15,18-19,22,27-28,30,32,34H,1,8,11-13,16-17,20-21,23-25H2,2-6H3,(H,44,51)(H2,46,50,53,54)/t27?,30?,32-,34+/m1/s1. The molecule has 16 heteroatoms. The second-order valence-corrected chi connectivity index (χ2v) is 20.2. The van der Waals surface area contributed by atoms with Crippen molar-refractivity contribution >= 4 is 44.1 Å². The molecule has 4 heterocycles. The Morgan fingerprint density at radius 2 is 1.82 bits per heavy atom. The molecule has 3 aromatic rings. The molecule has 1 saturated carbocycles. The largest absolute Gasteiger partial charge is 0.497 e. The second kappa shape index (κ2) is 16.5. The van der Waals surface area contributed by atoms with Gasteiger partial charge in [0.15, 0.2) is 5.82 Å². The van der Waals surface area contributed by atoms with Crippen LogP contribution in [0, 0.1) is 11.3 Å². The number of rotatable bonds is 14. The normalized spacial score (nSPS) is 20.5. The molecule has 15 nitrogen and oxygen atoms in total. The first-order valence-electron chi connectivity index (χ1n) is 19.6. The summed E-state index contributed by atoms with van der Waals surface area (Å²) in [5.41, 5.74) is 0.380. The van der Waals surface area contributed by atoms with E-state index in [0.717, 1.165) is 25.5 Å². The number of likely N-dealkylation sites (tertiary alicyclic amines) is 2. The average Bonchev–Trinajstić information content (AvgIpc) is 3.98. The van der Waals surface area contributed by atoms with Crippen LogP contribution < -0.4 is 19.5 Å². The molecule has 4 atom stereocenters. The van der Waals surface area contributed by atoms with Crippen molar-refractivity contribution in [3.05, 3.63) is 55.3 Å². The van der Waals surface area contributed by atoms with E-state index in [0.29, 0.717) is 54.1 Å². The van der Waals surface area contributed by atoms with E-state index in [1.165, 1.54) is 11.0 Å². The number of aromatic nitrogens is 3. The van der Waals surface area contributed by atoms with Crippen molar-refractivity contribution in [2.24, 2.45) is 11.3 Å². The monoisotopic (exact) mass is 805 g/mol. The molecule has 308 valence electrons.